The number of hydrogen-bond donors (Lipinski definition) is 0. The third-order valence-corrected chi connectivity index (χ3v) is 6.37. The average molecular weight is 352 g/mol. The number of fused-ring (bicyclic) bond motifs is 1. The zero-order valence-corrected chi connectivity index (χ0v) is 15.4. The summed E-state index contributed by atoms with van der Waals surface area (Å²) in [4.78, 5) is 24.6. The highest BCUT2D eigenvalue weighted by Gasteiger charge is 2.55. The predicted octanol–water partition coefficient (Wildman–Crippen LogP) is 3.15. The number of aryl methyl sites for hydroxylation is 2. The van der Waals surface area contributed by atoms with Gasteiger partial charge in [0.05, 0.1) is 16.7 Å². The van der Waals surface area contributed by atoms with Gasteiger partial charge in [0.15, 0.2) is 5.82 Å². The number of aromatic nitrogens is 3. The molecule has 0 aromatic carbocycles. The van der Waals surface area contributed by atoms with Crippen LogP contribution < -0.4 is 0 Å². The Kier molecular flexibility index (Phi) is 3.46. The fourth-order valence-electron chi connectivity index (χ4n) is 4.89. The van der Waals surface area contributed by atoms with E-state index in [1.807, 2.05) is 30.9 Å². The Balaban J connectivity index is 1.46. The van der Waals surface area contributed by atoms with Crippen molar-refractivity contribution < 1.29 is 9.32 Å². The molecule has 1 amide bonds. The van der Waals surface area contributed by atoms with Crippen LogP contribution in [0, 0.1) is 19.8 Å². The molecule has 3 fully saturated rings. The second kappa shape index (κ2) is 5.63. The topological polar surface area (TPSA) is 72.1 Å². The van der Waals surface area contributed by atoms with Gasteiger partial charge in [-0.15, -0.1) is 0 Å². The van der Waals surface area contributed by atoms with Crippen molar-refractivity contribution >= 4 is 5.91 Å². The summed E-state index contributed by atoms with van der Waals surface area (Å²) >= 11 is 0. The molecule has 26 heavy (non-hydrogen) atoms. The molecule has 1 saturated heterocycles. The number of pyridine rings is 1. The van der Waals surface area contributed by atoms with Crippen molar-refractivity contribution in [2.75, 3.05) is 13.1 Å². The van der Waals surface area contributed by atoms with Crippen LogP contribution in [0.5, 0.6) is 0 Å². The molecule has 0 radical (unpaired) electrons. The van der Waals surface area contributed by atoms with Gasteiger partial charge < -0.3 is 9.42 Å². The third kappa shape index (κ3) is 2.38. The summed E-state index contributed by atoms with van der Waals surface area (Å²) in [5.41, 5.74) is 2.61. The van der Waals surface area contributed by atoms with Crippen LogP contribution in [-0.4, -0.2) is 39.0 Å². The molecule has 0 spiro atoms. The summed E-state index contributed by atoms with van der Waals surface area (Å²) in [6.07, 6.45) is 5.58. The largest absolute Gasteiger partial charge is 0.339 e. The van der Waals surface area contributed by atoms with E-state index in [1.165, 1.54) is 0 Å². The second-order valence-electron chi connectivity index (χ2n) is 8.24. The fraction of sp³-hybridized carbons (Fsp3) is 0.600. The first-order valence-corrected chi connectivity index (χ1v) is 9.64. The van der Waals surface area contributed by atoms with Crippen LogP contribution in [0.25, 0.3) is 0 Å². The van der Waals surface area contributed by atoms with Crippen LogP contribution in [0.3, 0.4) is 0 Å². The number of amides is 1. The van der Waals surface area contributed by atoms with Crippen molar-refractivity contribution in [1.82, 2.24) is 20.0 Å². The minimum absolute atomic E-state index is 0.115. The van der Waals surface area contributed by atoms with Crippen LogP contribution in [0.1, 0.15) is 71.5 Å². The molecule has 3 aliphatic rings. The van der Waals surface area contributed by atoms with Gasteiger partial charge in [-0.2, -0.15) is 4.98 Å². The van der Waals surface area contributed by atoms with E-state index in [2.05, 4.69) is 10.1 Å². The summed E-state index contributed by atoms with van der Waals surface area (Å²) in [5, 5.41) is 4.00. The minimum atomic E-state index is -0.158. The molecule has 2 aromatic heterocycles. The maximum Gasteiger partial charge on any atom is 0.255 e. The molecule has 2 atom stereocenters. The molecule has 0 bridgehead atoms. The van der Waals surface area contributed by atoms with E-state index in [4.69, 9.17) is 9.51 Å². The van der Waals surface area contributed by atoms with E-state index in [1.54, 1.807) is 0 Å². The zero-order chi connectivity index (χ0) is 17.9. The van der Waals surface area contributed by atoms with Crippen LogP contribution in [0.2, 0.25) is 0 Å². The van der Waals surface area contributed by atoms with Crippen molar-refractivity contribution in [3.8, 4) is 0 Å². The number of hydrogen-bond acceptors (Lipinski definition) is 5. The quantitative estimate of drug-likeness (QED) is 0.848. The lowest BCUT2D eigenvalue weighted by Gasteiger charge is -2.24. The SMILES string of the molecule is Cc1ccc(C(=O)N2C[C@@H]3CCC[C@]3(c3nc(C)no3)C2)c(C2CC2)n1. The average Bonchev–Trinajstić information content (AvgIpc) is 3.07. The van der Waals surface area contributed by atoms with E-state index < -0.39 is 0 Å². The molecule has 2 aromatic rings. The Morgan fingerprint density at radius 3 is 2.81 bits per heavy atom. The number of carbonyl (C=O) groups is 1. The molecule has 6 nitrogen and oxygen atoms in total. The molecule has 6 heteroatoms. The summed E-state index contributed by atoms with van der Waals surface area (Å²) in [5.74, 6) is 2.38. The monoisotopic (exact) mass is 352 g/mol. The van der Waals surface area contributed by atoms with Crippen molar-refractivity contribution in [1.29, 1.82) is 0 Å². The first kappa shape index (κ1) is 16.0. The van der Waals surface area contributed by atoms with E-state index in [0.29, 0.717) is 24.2 Å². The van der Waals surface area contributed by atoms with Gasteiger partial charge in [-0.05, 0) is 57.6 Å². The molecule has 5 rings (SSSR count). The Hall–Kier alpha value is -2.24. The normalized spacial score (nSPS) is 27.8. The zero-order valence-electron chi connectivity index (χ0n) is 15.4. The molecule has 1 aliphatic heterocycles. The predicted molar refractivity (Wildman–Crippen MR) is 94.9 cm³/mol. The van der Waals surface area contributed by atoms with Crippen LogP contribution in [0.4, 0.5) is 0 Å². The smallest absolute Gasteiger partial charge is 0.255 e. The maximum atomic E-state index is 13.3. The minimum Gasteiger partial charge on any atom is -0.339 e. The number of likely N-dealkylation sites (tertiary alicyclic amines) is 1. The number of carbonyl (C=O) groups excluding carboxylic acids is 1. The molecule has 0 unspecified atom stereocenters. The fourth-order valence-corrected chi connectivity index (χ4v) is 4.89. The van der Waals surface area contributed by atoms with Gasteiger partial charge in [-0.25, -0.2) is 0 Å². The Morgan fingerprint density at radius 2 is 2.08 bits per heavy atom. The molecule has 2 aliphatic carbocycles. The Bertz CT molecular complexity index is 872. The molecule has 2 saturated carbocycles. The van der Waals surface area contributed by atoms with Crippen LogP contribution >= 0.6 is 0 Å². The highest BCUT2D eigenvalue weighted by Crippen LogP contribution is 2.50. The first-order valence-electron chi connectivity index (χ1n) is 9.64. The Morgan fingerprint density at radius 1 is 1.23 bits per heavy atom. The lowest BCUT2D eigenvalue weighted by Crippen LogP contribution is -2.35. The Labute approximate surface area is 153 Å². The van der Waals surface area contributed by atoms with E-state index in [0.717, 1.165) is 61.5 Å². The molecule has 0 N–H and O–H groups in total. The summed E-state index contributed by atoms with van der Waals surface area (Å²) < 4.78 is 5.56. The lowest BCUT2D eigenvalue weighted by atomic mass is 9.80. The first-order chi connectivity index (χ1) is 12.6. The van der Waals surface area contributed by atoms with Crippen LogP contribution in [-0.2, 0) is 5.41 Å². The second-order valence-corrected chi connectivity index (χ2v) is 8.24. The van der Waals surface area contributed by atoms with Crippen molar-refractivity contribution in [2.24, 2.45) is 5.92 Å². The van der Waals surface area contributed by atoms with Gasteiger partial charge in [0.25, 0.3) is 5.91 Å². The van der Waals surface area contributed by atoms with Gasteiger partial charge in [-0.3, -0.25) is 9.78 Å². The summed E-state index contributed by atoms with van der Waals surface area (Å²) in [6.45, 7) is 5.30. The highest BCUT2D eigenvalue weighted by molar-refractivity contribution is 5.96. The third-order valence-electron chi connectivity index (χ3n) is 6.37. The van der Waals surface area contributed by atoms with Crippen molar-refractivity contribution in [2.45, 2.75) is 57.3 Å². The van der Waals surface area contributed by atoms with Gasteiger partial charge in [0, 0.05) is 24.7 Å². The number of rotatable bonds is 3. The standard InChI is InChI=1S/C20H24N4O2/c1-12-5-8-16(17(21-12)14-6-7-14)18(25)24-10-15-4-3-9-20(15,11-24)19-22-13(2)23-26-19/h5,8,14-15H,3-4,6-7,9-11H2,1-2H3/t15-,20-/m0/s1. The van der Waals surface area contributed by atoms with Gasteiger partial charge >= 0.3 is 0 Å². The molecule has 136 valence electrons. The molecular formula is C20H24N4O2. The summed E-state index contributed by atoms with van der Waals surface area (Å²) in [7, 11) is 0. The van der Waals surface area contributed by atoms with Crippen molar-refractivity contribution in [3.05, 3.63) is 40.8 Å². The van der Waals surface area contributed by atoms with Gasteiger partial charge in [0.2, 0.25) is 5.89 Å². The number of nitrogens with zero attached hydrogens (tertiary/aromatic N) is 4. The highest BCUT2D eigenvalue weighted by atomic mass is 16.5. The van der Waals surface area contributed by atoms with E-state index >= 15 is 0 Å². The maximum absolute atomic E-state index is 13.3. The summed E-state index contributed by atoms with van der Waals surface area (Å²) in [6, 6.07) is 3.92. The molecular weight excluding hydrogens is 328 g/mol. The van der Waals surface area contributed by atoms with E-state index in [-0.39, 0.29) is 11.3 Å². The van der Waals surface area contributed by atoms with Crippen molar-refractivity contribution in [3.63, 3.8) is 0 Å². The van der Waals surface area contributed by atoms with Crippen LogP contribution in [0.15, 0.2) is 16.7 Å². The van der Waals surface area contributed by atoms with E-state index in [9.17, 15) is 4.79 Å². The molecule has 3 heterocycles. The van der Waals surface area contributed by atoms with Gasteiger partial charge in [0.1, 0.15) is 0 Å². The van der Waals surface area contributed by atoms with Gasteiger partial charge in [-0.1, -0.05) is 11.6 Å². The lowest BCUT2D eigenvalue weighted by molar-refractivity contribution is 0.0773.